The zero-order chi connectivity index (χ0) is 18.0. The molecule has 1 aromatic rings. The number of piperidine rings is 1. The Morgan fingerprint density at radius 3 is 2.81 bits per heavy atom. The maximum Gasteiger partial charge on any atom is 0.227 e. The Kier molecular flexibility index (Phi) is 7.06. The van der Waals surface area contributed by atoms with Gasteiger partial charge in [-0.1, -0.05) is 0 Å². The molecule has 3 heterocycles. The number of nitrogens with zero attached hydrogens (tertiary/aromatic N) is 4. The van der Waals surface area contributed by atoms with Gasteiger partial charge in [0.25, 0.3) is 0 Å². The smallest absolute Gasteiger partial charge is 0.227 e. The molecule has 0 spiro atoms. The molecule has 0 saturated carbocycles. The molecule has 1 aromatic heterocycles. The standard InChI is InChI=1S/C16H27N5O3S.ClH/c1-3-25(23,24)20-8-4-5-13(12-20)16(22)21-10-6-17-11-14(21)15-18-7-9-19(15)2;/h7,9,13-14,17H,3-6,8,10-12H2,1-2H3;1H. The van der Waals surface area contributed by atoms with E-state index in [4.69, 9.17) is 0 Å². The van der Waals surface area contributed by atoms with Gasteiger partial charge in [0.1, 0.15) is 11.9 Å². The van der Waals surface area contributed by atoms with Crippen LogP contribution < -0.4 is 5.32 Å². The second-order valence-corrected chi connectivity index (χ2v) is 9.00. The summed E-state index contributed by atoms with van der Waals surface area (Å²) in [5.74, 6) is 0.716. The van der Waals surface area contributed by atoms with Crippen LogP contribution in [0.3, 0.4) is 0 Å². The van der Waals surface area contributed by atoms with Crippen LogP contribution in [0.1, 0.15) is 31.6 Å². The van der Waals surface area contributed by atoms with Crippen LogP contribution in [0.5, 0.6) is 0 Å². The van der Waals surface area contributed by atoms with E-state index in [1.54, 1.807) is 13.1 Å². The first kappa shape index (κ1) is 21.1. The fourth-order valence-corrected chi connectivity index (χ4v) is 4.89. The molecule has 10 heteroatoms. The van der Waals surface area contributed by atoms with Crippen molar-refractivity contribution in [2.45, 2.75) is 25.8 Å². The molecule has 2 unspecified atom stereocenters. The van der Waals surface area contributed by atoms with E-state index in [2.05, 4.69) is 10.3 Å². The number of nitrogens with one attached hydrogen (secondary N) is 1. The highest BCUT2D eigenvalue weighted by Gasteiger charge is 2.37. The Balaban J connectivity index is 0.00000243. The molecule has 0 bridgehead atoms. The van der Waals surface area contributed by atoms with Crippen molar-refractivity contribution >= 4 is 28.3 Å². The van der Waals surface area contributed by atoms with Gasteiger partial charge in [-0.15, -0.1) is 12.4 Å². The number of piperazine rings is 1. The van der Waals surface area contributed by atoms with E-state index < -0.39 is 10.0 Å². The van der Waals surface area contributed by atoms with Gasteiger partial charge in [-0.2, -0.15) is 0 Å². The summed E-state index contributed by atoms with van der Waals surface area (Å²) in [6, 6.07) is -0.112. The normalized spacial score (nSPS) is 24.9. The highest BCUT2D eigenvalue weighted by molar-refractivity contribution is 7.89. The van der Waals surface area contributed by atoms with Gasteiger partial charge < -0.3 is 14.8 Å². The van der Waals surface area contributed by atoms with Crippen molar-refractivity contribution in [1.82, 2.24) is 24.1 Å². The number of amides is 1. The number of aromatic nitrogens is 2. The molecule has 1 N–H and O–H groups in total. The number of halogens is 1. The van der Waals surface area contributed by atoms with E-state index in [1.165, 1.54) is 4.31 Å². The predicted octanol–water partition coefficient (Wildman–Crippen LogP) is 0.377. The van der Waals surface area contributed by atoms with Gasteiger partial charge in [0.2, 0.25) is 15.9 Å². The fourth-order valence-electron chi connectivity index (χ4n) is 3.71. The quantitative estimate of drug-likeness (QED) is 0.782. The van der Waals surface area contributed by atoms with E-state index in [-0.39, 0.29) is 36.0 Å². The lowest BCUT2D eigenvalue weighted by atomic mass is 9.96. The van der Waals surface area contributed by atoms with Gasteiger partial charge in [-0.3, -0.25) is 4.79 Å². The van der Waals surface area contributed by atoms with Gasteiger partial charge in [0.05, 0.1) is 11.7 Å². The second-order valence-electron chi connectivity index (χ2n) is 6.75. The Bertz CT molecular complexity index is 723. The molecule has 2 saturated heterocycles. The first-order valence-corrected chi connectivity index (χ1v) is 10.5. The summed E-state index contributed by atoms with van der Waals surface area (Å²) in [6.07, 6.45) is 5.09. The van der Waals surface area contributed by atoms with Gasteiger partial charge in [0, 0.05) is 52.2 Å². The molecule has 0 aliphatic carbocycles. The molecular weight excluding hydrogens is 378 g/mol. The molecule has 3 rings (SSSR count). The maximum atomic E-state index is 13.2. The lowest BCUT2D eigenvalue weighted by molar-refractivity contribution is -0.140. The van der Waals surface area contributed by atoms with Gasteiger partial charge in [0.15, 0.2) is 0 Å². The van der Waals surface area contributed by atoms with Gasteiger partial charge in [-0.05, 0) is 19.8 Å². The molecule has 2 atom stereocenters. The van der Waals surface area contributed by atoms with Crippen LogP contribution in [0.15, 0.2) is 12.4 Å². The summed E-state index contributed by atoms with van der Waals surface area (Å²) in [5.41, 5.74) is 0. The summed E-state index contributed by atoms with van der Waals surface area (Å²) in [5, 5.41) is 3.33. The third-order valence-electron chi connectivity index (χ3n) is 5.17. The average Bonchev–Trinajstić information content (AvgIpc) is 3.07. The van der Waals surface area contributed by atoms with Crippen LogP contribution in [-0.2, 0) is 21.9 Å². The van der Waals surface area contributed by atoms with E-state index in [9.17, 15) is 13.2 Å². The SMILES string of the molecule is CCS(=O)(=O)N1CCCC(C(=O)N2CCNCC2c2nccn2C)C1.Cl. The Labute approximate surface area is 161 Å². The number of hydrogen-bond donors (Lipinski definition) is 1. The Hall–Kier alpha value is -1.16. The highest BCUT2D eigenvalue weighted by Crippen LogP contribution is 2.27. The van der Waals surface area contributed by atoms with Crippen molar-refractivity contribution in [3.8, 4) is 0 Å². The van der Waals surface area contributed by atoms with Crippen molar-refractivity contribution in [1.29, 1.82) is 0 Å². The van der Waals surface area contributed by atoms with Crippen molar-refractivity contribution in [3.05, 3.63) is 18.2 Å². The van der Waals surface area contributed by atoms with Crippen molar-refractivity contribution in [2.24, 2.45) is 13.0 Å². The van der Waals surface area contributed by atoms with Crippen LogP contribution in [0, 0.1) is 5.92 Å². The van der Waals surface area contributed by atoms with Crippen LogP contribution in [0.4, 0.5) is 0 Å². The zero-order valence-electron chi connectivity index (χ0n) is 15.3. The number of aryl methyl sites for hydroxylation is 1. The topological polar surface area (TPSA) is 87.5 Å². The molecule has 8 nitrogen and oxygen atoms in total. The van der Waals surface area contributed by atoms with Crippen LogP contribution in [-0.4, -0.2) is 71.6 Å². The molecule has 26 heavy (non-hydrogen) atoms. The molecule has 0 radical (unpaired) electrons. The minimum absolute atomic E-state index is 0. The predicted molar refractivity (Wildman–Crippen MR) is 102 cm³/mol. The minimum atomic E-state index is -3.25. The number of carbonyl (C=O) groups is 1. The van der Waals surface area contributed by atoms with Crippen molar-refractivity contribution < 1.29 is 13.2 Å². The molecule has 2 aliphatic heterocycles. The van der Waals surface area contributed by atoms with E-state index in [1.807, 2.05) is 22.7 Å². The van der Waals surface area contributed by atoms with E-state index in [0.717, 1.165) is 25.2 Å². The summed E-state index contributed by atoms with van der Waals surface area (Å²) in [7, 11) is -1.32. The first-order valence-electron chi connectivity index (χ1n) is 8.90. The molecule has 0 aromatic carbocycles. The summed E-state index contributed by atoms with van der Waals surface area (Å²) in [4.78, 5) is 19.5. The Morgan fingerprint density at radius 2 is 2.15 bits per heavy atom. The van der Waals surface area contributed by atoms with Crippen molar-refractivity contribution in [2.75, 3.05) is 38.5 Å². The van der Waals surface area contributed by atoms with Crippen molar-refractivity contribution in [3.63, 3.8) is 0 Å². The third kappa shape index (κ3) is 4.21. The number of hydrogen-bond acceptors (Lipinski definition) is 5. The summed E-state index contributed by atoms with van der Waals surface area (Å²) < 4.78 is 27.8. The summed E-state index contributed by atoms with van der Waals surface area (Å²) in [6.45, 7) is 4.49. The number of imidazole rings is 1. The largest absolute Gasteiger partial charge is 0.336 e. The Morgan fingerprint density at radius 1 is 1.38 bits per heavy atom. The van der Waals surface area contributed by atoms with Crippen LogP contribution >= 0.6 is 12.4 Å². The monoisotopic (exact) mass is 405 g/mol. The highest BCUT2D eigenvalue weighted by atomic mass is 35.5. The van der Waals surface area contributed by atoms with Crippen LogP contribution in [0.2, 0.25) is 0 Å². The molecular formula is C16H28ClN5O3S. The number of rotatable bonds is 4. The fraction of sp³-hybridized carbons (Fsp3) is 0.750. The maximum absolute atomic E-state index is 13.2. The van der Waals surface area contributed by atoms with E-state index in [0.29, 0.717) is 26.2 Å². The number of sulfonamides is 1. The van der Waals surface area contributed by atoms with Crippen LogP contribution in [0.25, 0.3) is 0 Å². The molecule has 2 aliphatic rings. The second kappa shape index (κ2) is 8.69. The minimum Gasteiger partial charge on any atom is -0.336 e. The van der Waals surface area contributed by atoms with Gasteiger partial charge >= 0.3 is 0 Å². The lowest BCUT2D eigenvalue weighted by Gasteiger charge is -2.40. The first-order chi connectivity index (χ1) is 11.9. The molecule has 1 amide bonds. The lowest BCUT2D eigenvalue weighted by Crippen LogP contribution is -2.53. The molecule has 2 fully saturated rings. The third-order valence-corrected chi connectivity index (χ3v) is 7.02. The molecule has 148 valence electrons. The average molecular weight is 406 g/mol. The summed E-state index contributed by atoms with van der Waals surface area (Å²) >= 11 is 0. The van der Waals surface area contributed by atoms with Gasteiger partial charge in [-0.25, -0.2) is 17.7 Å². The zero-order valence-corrected chi connectivity index (χ0v) is 16.9. The number of carbonyl (C=O) groups excluding carboxylic acids is 1. The van der Waals surface area contributed by atoms with E-state index >= 15 is 0 Å².